The van der Waals surface area contributed by atoms with Crippen molar-refractivity contribution in [3.8, 4) is 0 Å². The summed E-state index contributed by atoms with van der Waals surface area (Å²) in [4.78, 5) is 29.6. The molecular formula is C34H34Cl3N3O4S. The molecule has 0 heterocycles. The number of rotatable bonds is 13. The smallest absolute Gasteiger partial charge is 0.264 e. The number of benzene rings is 4. The zero-order valence-electron chi connectivity index (χ0n) is 24.9. The second kappa shape index (κ2) is 15.6. The van der Waals surface area contributed by atoms with Gasteiger partial charge in [-0.1, -0.05) is 90.3 Å². The molecule has 0 aromatic heterocycles. The van der Waals surface area contributed by atoms with E-state index in [2.05, 4.69) is 5.32 Å². The first kappa shape index (κ1) is 34.3. The predicted octanol–water partition coefficient (Wildman–Crippen LogP) is 7.32. The van der Waals surface area contributed by atoms with Gasteiger partial charge in [0.1, 0.15) is 12.6 Å². The highest BCUT2D eigenvalue weighted by molar-refractivity contribution is 7.92. The summed E-state index contributed by atoms with van der Waals surface area (Å²) in [5.41, 5.74) is 2.36. The van der Waals surface area contributed by atoms with Crippen LogP contribution >= 0.6 is 34.8 Å². The summed E-state index contributed by atoms with van der Waals surface area (Å²) in [7, 11) is -4.25. The Kier molecular flexibility index (Phi) is 11.9. The number of aryl methyl sites for hydroxylation is 1. The first-order chi connectivity index (χ1) is 21.5. The average molecular weight is 687 g/mol. The number of carbonyl (C=O) groups is 2. The highest BCUT2D eigenvalue weighted by atomic mass is 35.5. The van der Waals surface area contributed by atoms with Crippen LogP contribution in [0.5, 0.6) is 0 Å². The Morgan fingerprint density at radius 1 is 0.844 bits per heavy atom. The molecule has 1 N–H and O–H groups in total. The summed E-state index contributed by atoms with van der Waals surface area (Å²) in [6, 6.07) is 25.9. The van der Waals surface area contributed by atoms with Crippen molar-refractivity contribution in [3.05, 3.63) is 129 Å². The first-order valence-electron chi connectivity index (χ1n) is 14.4. The Balaban J connectivity index is 1.83. The van der Waals surface area contributed by atoms with Gasteiger partial charge < -0.3 is 10.2 Å². The summed E-state index contributed by atoms with van der Waals surface area (Å²) < 4.78 is 29.3. The van der Waals surface area contributed by atoms with Crippen molar-refractivity contribution in [2.45, 2.75) is 44.2 Å². The number of sulfonamides is 1. The summed E-state index contributed by atoms with van der Waals surface area (Å²) in [6.45, 7) is 3.44. The predicted molar refractivity (Wildman–Crippen MR) is 181 cm³/mol. The number of halogens is 3. The number of carbonyl (C=O) groups excluding carboxylic acids is 2. The maximum Gasteiger partial charge on any atom is 0.264 e. The third-order valence-electron chi connectivity index (χ3n) is 7.18. The Morgan fingerprint density at radius 3 is 2.11 bits per heavy atom. The normalized spacial score (nSPS) is 11.9. The standard InChI is InChI=1S/C34H34Cl3N3O4S/c1-3-19-38-34(42)32(21-25-10-5-4-6-11-25)39(22-29-30(36)13-8-14-31(29)37)33(41)23-40(27-12-7-9-24(2)20-27)45(43,44)28-17-15-26(35)16-18-28/h4-18,20,32H,3,19,21-23H2,1-2H3,(H,38,42)/t32-/m1/s1. The van der Waals surface area contributed by atoms with Crippen molar-refractivity contribution in [1.82, 2.24) is 10.2 Å². The third-order valence-corrected chi connectivity index (χ3v) is 9.93. The van der Waals surface area contributed by atoms with E-state index in [9.17, 15) is 18.0 Å². The molecular weight excluding hydrogens is 653 g/mol. The van der Waals surface area contributed by atoms with Crippen molar-refractivity contribution in [1.29, 1.82) is 0 Å². The maximum absolute atomic E-state index is 14.5. The number of nitrogens with one attached hydrogen (secondary N) is 1. The molecule has 1 atom stereocenters. The lowest BCUT2D eigenvalue weighted by Gasteiger charge is -2.34. The quantitative estimate of drug-likeness (QED) is 0.160. The molecule has 45 heavy (non-hydrogen) atoms. The molecule has 0 aliphatic carbocycles. The van der Waals surface area contributed by atoms with Gasteiger partial charge in [-0.3, -0.25) is 13.9 Å². The van der Waals surface area contributed by atoms with Crippen molar-refractivity contribution in [2.24, 2.45) is 0 Å². The summed E-state index contributed by atoms with van der Waals surface area (Å²) >= 11 is 19.1. The number of hydrogen-bond donors (Lipinski definition) is 1. The van der Waals surface area contributed by atoms with Crippen LogP contribution in [0, 0.1) is 6.92 Å². The van der Waals surface area contributed by atoms with Gasteiger partial charge in [0.15, 0.2) is 0 Å². The van der Waals surface area contributed by atoms with Crippen molar-refractivity contribution in [3.63, 3.8) is 0 Å². The zero-order valence-corrected chi connectivity index (χ0v) is 28.0. The van der Waals surface area contributed by atoms with E-state index in [0.29, 0.717) is 39.3 Å². The third kappa shape index (κ3) is 8.79. The molecule has 0 radical (unpaired) electrons. The van der Waals surface area contributed by atoms with Gasteiger partial charge in [-0.25, -0.2) is 8.42 Å². The lowest BCUT2D eigenvalue weighted by atomic mass is 10.0. The molecule has 0 aliphatic rings. The molecule has 4 aromatic rings. The highest BCUT2D eigenvalue weighted by Gasteiger charge is 2.35. The van der Waals surface area contributed by atoms with Crippen LogP contribution in [0.4, 0.5) is 5.69 Å². The van der Waals surface area contributed by atoms with Crippen LogP contribution in [0.25, 0.3) is 0 Å². The van der Waals surface area contributed by atoms with Gasteiger partial charge in [-0.2, -0.15) is 0 Å². The summed E-state index contributed by atoms with van der Waals surface area (Å²) in [5.74, 6) is -0.988. The van der Waals surface area contributed by atoms with Gasteiger partial charge in [-0.15, -0.1) is 0 Å². The summed E-state index contributed by atoms with van der Waals surface area (Å²) in [5, 5.41) is 3.92. The topological polar surface area (TPSA) is 86.8 Å². The van der Waals surface area contributed by atoms with Crippen LogP contribution < -0.4 is 9.62 Å². The van der Waals surface area contributed by atoms with E-state index >= 15 is 0 Å². The van der Waals surface area contributed by atoms with E-state index in [-0.39, 0.29) is 23.8 Å². The second-order valence-electron chi connectivity index (χ2n) is 10.5. The fraction of sp³-hybridized carbons (Fsp3) is 0.235. The number of amides is 2. The molecule has 2 amide bonds. The Labute approximate surface area is 279 Å². The van der Waals surface area contributed by atoms with E-state index in [1.54, 1.807) is 36.4 Å². The van der Waals surface area contributed by atoms with Gasteiger partial charge in [0, 0.05) is 40.1 Å². The molecule has 236 valence electrons. The van der Waals surface area contributed by atoms with Gasteiger partial charge in [0.2, 0.25) is 11.8 Å². The van der Waals surface area contributed by atoms with Crippen LogP contribution in [0.3, 0.4) is 0 Å². The molecule has 11 heteroatoms. The van der Waals surface area contributed by atoms with E-state index in [1.807, 2.05) is 50.2 Å². The molecule has 0 spiro atoms. The molecule has 0 fully saturated rings. The Morgan fingerprint density at radius 2 is 1.49 bits per heavy atom. The van der Waals surface area contributed by atoms with Gasteiger partial charge >= 0.3 is 0 Å². The first-order valence-corrected chi connectivity index (χ1v) is 17.0. The lowest BCUT2D eigenvalue weighted by molar-refractivity contribution is -0.140. The Hall–Kier alpha value is -3.56. The van der Waals surface area contributed by atoms with E-state index < -0.39 is 28.5 Å². The fourth-order valence-corrected chi connectivity index (χ4v) is 6.87. The molecule has 0 aliphatic heterocycles. The zero-order chi connectivity index (χ0) is 32.6. The number of nitrogens with zero attached hydrogens (tertiary/aromatic N) is 2. The van der Waals surface area contributed by atoms with E-state index in [0.717, 1.165) is 15.4 Å². The van der Waals surface area contributed by atoms with Crippen molar-refractivity contribution < 1.29 is 18.0 Å². The average Bonchev–Trinajstić information content (AvgIpc) is 3.02. The van der Waals surface area contributed by atoms with Gasteiger partial charge in [0.05, 0.1) is 10.6 Å². The molecule has 4 rings (SSSR count). The lowest BCUT2D eigenvalue weighted by Crippen LogP contribution is -2.53. The van der Waals surface area contributed by atoms with E-state index in [4.69, 9.17) is 34.8 Å². The second-order valence-corrected chi connectivity index (χ2v) is 13.6. The SMILES string of the molecule is CCCNC(=O)[C@@H](Cc1ccccc1)N(Cc1c(Cl)cccc1Cl)C(=O)CN(c1cccc(C)c1)S(=O)(=O)c1ccc(Cl)cc1. The van der Waals surface area contributed by atoms with Crippen LogP contribution in [0.2, 0.25) is 15.1 Å². The maximum atomic E-state index is 14.5. The van der Waals surface area contributed by atoms with Crippen LogP contribution in [-0.4, -0.2) is 44.3 Å². The van der Waals surface area contributed by atoms with Crippen LogP contribution in [0.1, 0.15) is 30.0 Å². The van der Waals surface area contributed by atoms with Crippen LogP contribution in [-0.2, 0) is 32.6 Å². The van der Waals surface area contributed by atoms with Crippen molar-refractivity contribution >= 4 is 62.3 Å². The molecule has 0 bridgehead atoms. The van der Waals surface area contributed by atoms with Gasteiger partial charge in [-0.05, 0) is 73.0 Å². The minimum atomic E-state index is -4.25. The highest BCUT2D eigenvalue weighted by Crippen LogP contribution is 2.29. The number of anilines is 1. The van der Waals surface area contributed by atoms with Gasteiger partial charge in [0.25, 0.3) is 10.0 Å². The molecule has 0 saturated carbocycles. The minimum absolute atomic E-state index is 0.0385. The molecule has 0 unspecified atom stereocenters. The Bertz CT molecular complexity index is 1720. The van der Waals surface area contributed by atoms with Crippen LogP contribution in [0.15, 0.2) is 102 Å². The fourth-order valence-electron chi connectivity index (χ4n) is 4.82. The van der Waals surface area contributed by atoms with E-state index in [1.165, 1.54) is 29.2 Å². The monoisotopic (exact) mass is 685 g/mol. The largest absolute Gasteiger partial charge is 0.354 e. The molecule has 4 aromatic carbocycles. The van der Waals surface area contributed by atoms with Crippen molar-refractivity contribution in [2.75, 3.05) is 17.4 Å². The molecule has 0 saturated heterocycles. The molecule has 7 nitrogen and oxygen atoms in total. The summed E-state index contributed by atoms with van der Waals surface area (Å²) in [6.07, 6.45) is 0.868. The minimum Gasteiger partial charge on any atom is -0.354 e. The number of hydrogen-bond acceptors (Lipinski definition) is 4.